The summed E-state index contributed by atoms with van der Waals surface area (Å²) in [4.78, 5) is 18.5. The van der Waals surface area contributed by atoms with Crippen molar-refractivity contribution in [2.45, 2.75) is 0 Å². The third kappa shape index (κ3) is 3.28. The molecule has 0 spiro atoms. The number of rotatable bonds is 5. The van der Waals surface area contributed by atoms with E-state index in [1.165, 1.54) is 14.2 Å². The van der Waals surface area contributed by atoms with Gasteiger partial charge in [0.1, 0.15) is 5.82 Å². The molecule has 1 amide bonds. The number of pyridine rings is 1. The molecule has 0 aliphatic carbocycles. The molecule has 2 aromatic rings. The lowest BCUT2D eigenvalue weighted by molar-refractivity contribution is 0.102. The summed E-state index contributed by atoms with van der Waals surface area (Å²) >= 11 is 0. The maximum Gasteiger partial charge on any atom is 0.259 e. The Balaban J connectivity index is 2.22. The quantitative estimate of drug-likeness (QED) is 0.919. The minimum Gasteiger partial charge on any atom is -0.493 e. The van der Waals surface area contributed by atoms with Crippen LogP contribution in [0.5, 0.6) is 11.5 Å². The van der Waals surface area contributed by atoms with Gasteiger partial charge in [-0.1, -0.05) is 6.07 Å². The summed E-state index contributed by atoms with van der Waals surface area (Å²) in [5.41, 5.74) is 1.01. The van der Waals surface area contributed by atoms with E-state index in [0.717, 1.165) is 5.82 Å². The van der Waals surface area contributed by atoms with Crippen LogP contribution in [-0.2, 0) is 0 Å². The molecule has 116 valence electrons. The number of benzene rings is 1. The fourth-order valence-corrected chi connectivity index (χ4v) is 1.99. The summed E-state index contributed by atoms with van der Waals surface area (Å²) in [6.07, 6.45) is 1.61. The Morgan fingerprint density at radius 2 is 1.91 bits per heavy atom. The maximum absolute atomic E-state index is 12.4. The van der Waals surface area contributed by atoms with E-state index in [1.807, 2.05) is 25.1 Å². The van der Waals surface area contributed by atoms with E-state index in [4.69, 9.17) is 9.47 Å². The number of ether oxygens (including phenoxy) is 2. The van der Waals surface area contributed by atoms with E-state index in [9.17, 15) is 4.79 Å². The van der Waals surface area contributed by atoms with Gasteiger partial charge in [-0.25, -0.2) is 4.98 Å². The van der Waals surface area contributed by atoms with Crippen molar-refractivity contribution in [3.05, 3.63) is 42.1 Å². The molecular formula is C16H19N3O3. The van der Waals surface area contributed by atoms with Gasteiger partial charge >= 0.3 is 0 Å². The van der Waals surface area contributed by atoms with Gasteiger partial charge in [0, 0.05) is 14.1 Å². The number of carbonyl (C=O) groups is 1. The zero-order chi connectivity index (χ0) is 16.1. The van der Waals surface area contributed by atoms with E-state index < -0.39 is 0 Å². The Kier molecular flexibility index (Phi) is 4.83. The highest BCUT2D eigenvalue weighted by Gasteiger charge is 2.16. The highest BCUT2D eigenvalue weighted by Crippen LogP contribution is 2.31. The number of carbonyl (C=O) groups excluding carboxylic acids is 1. The van der Waals surface area contributed by atoms with Crippen LogP contribution < -0.4 is 19.7 Å². The van der Waals surface area contributed by atoms with Crippen LogP contribution in [0.15, 0.2) is 36.5 Å². The van der Waals surface area contributed by atoms with Crippen LogP contribution in [0.4, 0.5) is 11.5 Å². The average Bonchev–Trinajstić information content (AvgIpc) is 2.54. The zero-order valence-electron chi connectivity index (χ0n) is 13.1. The first-order chi connectivity index (χ1) is 10.6. The topological polar surface area (TPSA) is 63.7 Å². The molecule has 1 aromatic carbocycles. The largest absolute Gasteiger partial charge is 0.493 e. The Bertz CT molecular complexity index is 654. The second-order valence-corrected chi connectivity index (χ2v) is 4.79. The maximum atomic E-state index is 12.4. The molecule has 0 aliphatic heterocycles. The predicted molar refractivity (Wildman–Crippen MR) is 86.1 cm³/mol. The third-order valence-electron chi connectivity index (χ3n) is 3.11. The van der Waals surface area contributed by atoms with Crippen molar-refractivity contribution in [2.24, 2.45) is 0 Å². The molecule has 0 radical (unpaired) electrons. The summed E-state index contributed by atoms with van der Waals surface area (Å²) < 4.78 is 10.5. The monoisotopic (exact) mass is 301 g/mol. The van der Waals surface area contributed by atoms with Crippen LogP contribution >= 0.6 is 0 Å². The van der Waals surface area contributed by atoms with E-state index in [0.29, 0.717) is 22.7 Å². The summed E-state index contributed by atoms with van der Waals surface area (Å²) in [6.45, 7) is 0. The lowest BCUT2D eigenvalue weighted by Crippen LogP contribution is -2.14. The fraction of sp³-hybridized carbons (Fsp3) is 0.250. The van der Waals surface area contributed by atoms with Crippen LogP contribution in [-0.4, -0.2) is 39.2 Å². The number of amides is 1. The summed E-state index contributed by atoms with van der Waals surface area (Å²) in [5.74, 6) is 1.45. The molecule has 0 aliphatic rings. The summed E-state index contributed by atoms with van der Waals surface area (Å²) in [5, 5.41) is 2.79. The predicted octanol–water partition coefficient (Wildman–Crippen LogP) is 2.42. The van der Waals surface area contributed by atoms with E-state index in [1.54, 1.807) is 30.5 Å². The SMILES string of the molecule is COc1cccc(C(=O)Nc2ccc(N(C)C)nc2)c1OC. The number of hydrogen-bond donors (Lipinski definition) is 1. The van der Waals surface area contributed by atoms with E-state index in [-0.39, 0.29) is 5.91 Å². The molecular weight excluding hydrogens is 282 g/mol. The van der Waals surface area contributed by atoms with Gasteiger partial charge in [-0.15, -0.1) is 0 Å². The van der Waals surface area contributed by atoms with Crippen LogP contribution in [0.3, 0.4) is 0 Å². The Morgan fingerprint density at radius 1 is 1.14 bits per heavy atom. The Labute approximate surface area is 129 Å². The Morgan fingerprint density at radius 3 is 2.45 bits per heavy atom. The van der Waals surface area contributed by atoms with Crippen molar-refractivity contribution in [3.63, 3.8) is 0 Å². The first-order valence-corrected chi connectivity index (χ1v) is 6.72. The molecule has 22 heavy (non-hydrogen) atoms. The van der Waals surface area contributed by atoms with Crippen molar-refractivity contribution >= 4 is 17.4 Å². The van der Waals surface area contributed by atoms with Gasteiger partial charge in [-0.2, -0.15) is 0 Å². The number of nitrogens with one attached hydrogen (secondary N) is 1. The molecule has 6 heteroatoms. The highest BCUT2D eigenvalue weighted by atomic mass is 16.5. The van der Waals surface area contributed by atoms with Gasteiger partial charge in [0.25, 0.3) is 5.91 Å². The van der Waals surface area contributed by atoms with Crippen LogP contribution in [0.1, 0.15) is 10.4 Å². The lowest BCUT2D eigenvalue weighted by Gasteiger charge is -2.13. The van der Waals surface area contributed by atoms with Crippen molar-refractivity contribution in [3.8, 4) is 11.5 Å². The van der Waals surface area contributed by atoms with Crippen LogP contribution in [0, 0.1) is 0 Å². The van der Waals surface area contributed by atoms with Crippen molar-refractivity contribution in [2.75, 3.05) is 38.5 Å². The average molecular weight is 301 g/mol. The molecule has 2 rings (SSSR count). The van der Waals surface area contributed by atoms with Gasteiger partial charge in [0.05, 0.1) is 31.7 Å². The minimum atomic E-state index is -0.282. The zero-order valence-corrected chi connectivity index (χ0v) is 13.1. The number of para-hydroxylation sites is 1. The molecule has 1 N–H and O–H groups in total. The minimum absolute atomic E-state index is 0.282. The first kappa shape index (κ1) is 15.6. The number of aromatic nitrogens is 1. The van der Waals surface area contributed by atoms with Gasteiger partial charge < -0.3 is 19.7 Å². The number of methoxy groups -OCH3 is 2. The first-order valence-electron chi connectivity index (χ1n) is 6.72. The highest BCUT2D eigenvalue weighted by molar-refractivity contribution is 6.06. The van der Waals surface area contributed by atoms with Crippen molar-refractivity contribution in [1.29, 1.82) is 0 Å². The van der Waals surface area contributed by atoms with E-state index >= 15 is 0 Å². The molecule has 0 fully saturated rings. The molecule has 0 unspecified atom stereocenters. The van der Waals surface area contributed by atoms with Gasteiger partial charge in [-0.05, 0) is 24.3 Å². The Hall–Kier alpha value is -2.76. The van der Waals surface area contributed by atoms with Gasteiger partial charge in [0.15, 0.2) is 11.5 Å². The van der Waals surface area contributed by atoms with Crippen molar-refractivity contribution < 1.29 is 14.3 Å². The van der Waals surface area contributed by atoms with Crippen LogP contribution in [0.25, 0.3) is 0 Å². The molecule has 0 atom stereocenters. The molecule has 0 saturated carbocycles. The van der Waals surface area contributed by atoms with E-state index in [2.05, 4.69) is 10.3 Å². The lowest BCUT2D eigenvalue weighted by atomic mass is 10.1. The van der Waals surface area contributed by atoms with Gasteiger partial charge in [0.2, 0.25) is 0 Å². The standard InChI is InChI=1S/C16H19N3O3/c1-19(2)14-9-8-11(10-17-14)18-16(20)12-6-5-7-13(21-3)15(12)22-4/h5-10H,1-4H3,(H,18,20). The molecule has 1 heterocycles. The molecule has 0 saturated heterocycles. The van der Waals surface area contributed by atoms with Crippen LogP contribution in [0.2, 0.25) is 0 Å². The molecule has 0 bridgehead atoms. The second kappa shape index (κ2) is 6.80. The molecule has 1 aromatic heterocycles. The normalized spacial score (nSPS) is 10.0. The number of hydrogen-bond acceptors (Lipinski definition) is 5. The molecule has 6 nitrogen and oxygen atoms in total. The summed E-state index contributed by atoms with van der Waals surface area (Å²) in [7, 11) is 6.84. The number of nitrogens with zero attached hydrogens (tertiary/aromatic N) is 2. The smallest absolute Gasteiger partial charge is 0.259 e. The van der Waals surface area contributed by atoms with Crippen molar-refractivity contribution in [1.82, 2.24) is 4.98 Å². The van der Waals surface area contributed by atoms with Gasteiger partial charge in [-0.3, -0.25) is 4.79 Å². The summed E-state index contributed by atoms with van der Waals surface area (Å²) in [6, 6.07) is 8.79. The fourth-order valence-electron chi connectivity index (χ4n) is 1.99. The third-order valence-corrected chi connectivity index (χ3v) is 3.11. The number of anilines is 2. The second-order valence-electron chi connectivity index (χ2n) is 4.79.